The van der Waals surface area contributed by atoms with Gasteiger partial charge in [-0.05, 0) is 60.7 Å². The largest absolute Gasteiger partial charge is 0.463 e. The molecular formula is C21H18FN5O2. The van der Waals surface area contributed by atoms with E-state index in [9.17, 15) is 9.18 Å². The van der Waals surface area contributed by atoms with Crippen molar-refractivity contribution in [1.82, 2.24) is 19.9 Å². The molecule has 1 amide bonds. The Balaban J connectivity index is 1.61. The van der Waals surface area contributed by atoms with Gasteiger partial charge in [0.15, 0.2) is 5.65 Å². The third kappa shape index (κ3) is 3.86. The summed E-state index contributed by atoms with van der Waals surface area (Å²) in [5.74, 6) is 0.752. The number of benzene rings is 2. The van der Waals surface area contributed by atoms with Crippen molar-refractivity contribution in [2.24, 2.45) is 0 Å². The van der Waals surface area contributed by atoms with Gasteiger partial charge in [0.25, 0.3) is 5.91 Å². The fraction of sp³-hybridized carbons (Fsp3) is 0.0952. The van der Waals surface area contributed by atoms with Crippen molar-refractivity contribution in [1.29, 1.82) is 0 Å². The van der Waals surface area contributed by atoms with Gasteiger partial charge in [-0.15, -0.1) is 5.10 Å². The number of pyridine rings is 1. The van der Waals surface area contributed by atoms with Crippen molar-refractivity contribution in [3.8, 4) is 17.0 Å². The molecule has 0 aliphatic heterocycles. The molecule has 0 fully saturated rings. The highest BCUT2D eigenvalue weighted by molar-refractivity contribution is 5.94. The molecule has 2 aromatic carbocycles. The Hall–Kier alpha value is -3.94. The van der Waals surface area contributed by atoms with Gasteiger partial charge in [-0.25, -0.2) is 8.91 Å². The van der Waals surface area contributed by atoms with E-state index in [2.05, 4.69) is 20.7 Å². The molecule has 146 valence electrons. The minimum Gasteiger partial charge on any atom is -0.463 e. The summed E-state index contributed by atoms with van der Waals surface area (Å²) in [5.41, 5.74) is 3.75. The molecule has 2 heterocycles. The second-order valence-electron chi connectivity index (χ2n) is 6.18. The summed E-state index contributed by atoms with van der Waals surface area (Å²) in [6.45, 7) is -0.864. The first kappa shape index (κ1) is 18.4. The number of carbonyl (C=O) groups is 1. The molecule has 0 bridgehead atoms. The van der Waals surface area contributed by atoms with Crippen LogP contribution in [-0.2, 0) is 0 Å². The average Bonchev–Trinajstić information content (AvgIpc) is 3.17. The predicted octanol–water partition coefficient (Wildman–Crippen LogP) is 3.81. The number of nitrogens with one attached hydrogen (secondary N) is 2. The highest BCUT2D eigenvalue weighted by atomic mass is 19.1. The van der Waals surface area contributed by atoms with Gasteiger partial charge < -0.3 is 15.4 Å². The molecular weight excluding hydrogens is 373 g/mol. The van der Waals surface area contributed by atoms with E-state index < -0.39 is 6.86 Å². The molecule has 0 atom stereocenters. The molecule has 4 aromatic rings. The molecule has 0 aliphatic rings. The molecule has 0 saturated carbocycles. The summed E-state index contributed by atoms with van der Waals surface area (Å²) in [6.07, 6.45) is 0. The molecule has 0 saturated heterocycles. The predicted molar refractivity (Wildman–Crippen MR) is 108 cm³/mol. The number of nitrogens with zero attached hydrogens (tertiary/aromatic N) is 3. The van der Waals surface area contributed by atoms with Gasteiger partial charge in [-0.2, -0.15) is 4.98 Å². The number of hydrogen-bond donors (Lipinski definition) is 2. The summed E-state index contributed by atoms with van der Waals surface area (Å²) in [6, 6.07) is 19.8. The van der Waals surface area contributed by atoms with Crippen molar-refractivity contribution in [2.75, 3.05) is 19.2 Å². The Bertz CT molecular complexity index is 1140. The molecule has 29 heavy (non-hydrogen) atoms. The van der Waals surface area contributed by atoms with Gasteiger partial charge in [-0.3, -0.25) is 4.79 Å². The summed E-state index contributed by atoms with van der Waals surface area (Å²) < 4.78 is 18.9. The molecule has 7 nitrogen and oxygen atoms in total. The van der Waals surface area contributed by atoms with E-state index in [1.165, 1.54) is 0 Å². The van der Waals surface area contributed by atoms with E-state index >= 15 is 0 Å². The zero-order valence-corrected chi connectivity index (χ0v) is 15.6. The number of amides is 1. The van der Waals surface area contributed by atoms with Gasteiger partial charge in [0.1, 0.15) is 5.75 Å². The fourth-order valence-electron chi connectivity index (χ4n) is 2.94. The zero-order chi connectivity index (χ0) is 20.2. The number of aromatic nitrogens is 3. The first-order valence-corrected chi connectivity index (χ1v) is 8.92. The van der Waals surface area contributed by atoms with Gasteiger partial charge >= 0.3 is 0 Å². The molecule has 0 radical (unpaired) electrons. The standard InChI is InChI=1S/C21H18FN5O2/c1-23-20(28)15-5-9-16(10-6-15)24-21-25-19-4-2-3-18(27(19)26-21)14-7-11-17(12-8-14)29-13-22/h2-12H,13H2,1H3,(H,23,28)(H,24,26). The maximum atomic E-state index is 12.3. The van der Waals surface area contributed by atoms with Crippen LogP contribution in [0.3, 0.4) is 0 Å². The summed E-state index contributed by atoms with van der Waals surface area (Å²) in [5, 5.41) is 10.3. The third-order valence-electron chi connectivity index (χ3n) is 4.36. The summed E-state index contributed by atoms with van der Waals surface area (Å²) in [4.78, 5) is 16.1. The Labute approximate surface area is 166 Å². The number of halogens is 1. The number of anilines is 2. The summed E-state index contributed by atoms with van der Waals surface area (Å²) in [7, 11) is 1.59. The zero-order valence-electron chi connectivity index (χ0n) is 15.6. The number of carbonyl (C=O) groups excluding carboxylic acids is 1. The van der Waals surface area contributed by atoms with Crippen LogP contribution >= 0.6 is 0 Å². The first-order chi connectivity index (χ1) is 14.2. The second kappa shape index (κ2) is 7.97. The normalized spacial score (nSPS) is 10.7. The quantitative estimate of drug-likeness (QED) is 0.523. The van der Waals surface area contributed by atoms with Gasteiger partial charge in [0, 0.05) is 23.9 Å². The highest BCUT2D eigenvalue weighted by Crippen LogP contribution is 2.24. The van der Waals surface area contributed by atoms with Gasteiger partial charge in [-0.1, -0.05) is 6.07 Å². The van der Waals surface area contributed by atoms with E-state index in [0.29, 0.717) is 22.9 Å². The van der Waals surface area contributed by atoms with Crippen LogP contribution in [0.15, 0.2) is 66.7 Å². The van der Waals surface area contributed by atoms with E-state index in [4.69, 9.17) is 4.74 Å². The molecule has 4 rings (SSSR count). The lowest BCUT2D eigenvalue weighted by Crippen LogP contribution is -2.17. The van der Waals surface area contributed by atoms with Crippen LogP contribution in [0, 0.1) is 0 Å². The third-order valence-corrected chi connectivity index (χ3v) is 4.36. The maximum Gasteiger partial charge on any atom is 0.251 e. The number of alkyl halides is 1. The fourth-order valence-corrected chi connectivity index (χ4v) is 2.94. The lowest BCUT2D eigenvalue weighted by Gasteiger charge is -2.06. The Morgan fingerprint density at radius 1 is 1.07 bits per heavy atom. The average molecular weight is 391 g/mol. The topological polar surface area (TPSA) is 80.5 Å². The smallest absolute Gasteiger partial charge is 0.251 e. The minimum atomic E-state index is -0.864. The maximum absolute atomic E-state index is 12.3. The summed E-state index contributed by atoms with van der Waals surface area (Å²) >= 11 is 0. The van der Waals surface area contributed by atoms with Crippen molar-refractivity contribution in [2.45, 2.75) is 0 Å². The van der Waals surface area contributed by atoms with Crippen molar-refractivity contribution >= 4 is 23.2 Å². The molecule has 8 heteroatoms. The number of ether oxygens (including phenoxy) is 1. The van der Waals surface area contributed by atoms with Crippen LogP contribution in [0.2, 0.25) is 0 Å². The lowest BCUT2D eigenvalue weighted by atomic mass is 10.1. The SMILES string of the molecule is CNC(=O)c1ccc(Nc2nc3cccc(-c4ccc(OCF)cc4)n3n2)cc1. The Morgan fingerprint density at radius 2 is 1.83 bits per heavy atom. The van der Waals surface area contributed by atoms with Crippen LogP contribution < -0.4 is 15.4 Å². The van der Waals surface area contributed by atoms with Crippen LogP contribution in [0.4, 0.5) is 16.0 Å². The van der Waals surface area contributed by atoms with Crippen molar-refractivity contribution < 1.29 is 13.9 Å². The highest BCUT2D eigenvalue weighted by Gasteiger charge is 2.10. The number of fused-ring (bicyclic) bond motifs is 1. The van der Waals surface area contributed by atoms with Gasteiger partial charge in [0.2, 0.25) is 12.8 Å². The Kier molecular flexibility index (Phi) is 5.07. The van der Waals surface area contributed by atoms with E-state index in [1.54, 1.807) is 48.0 Å². The van der Waals surface area contributed by atoms with Crippen molar-refractivity contribution in [3.05, 3.63) is 72.3 Å². The molecule has 0 aliphatic carbocycles. The molecule has 0 unspecified atom stereocenters. The second-order valence-corrected chi connectivity index (χ2v) is 6.18. The molecule has 2 aromatic heterocycles. The van der Waals surface area contributed by atoms with Crippen LogP contribution in [0.5, 0.6) is 5.75 Å². The van der Waals surface area contributed by atoms with E-state index in [-0.39, 0.29) is 5.91 Å². The monoisotopic (exact) mass is 391 g/mol. The number of hydrogen-bond acceptors (Lipinski definition) is 5. The molecule has 0 spiro atoms. The van der Waals surface area contributed by atoms with Crippen LogP contribution in [-0.4, -0.2) is 34.4 Å². The minimum absolute atomic E-state index is 0.144. The van der Waals surface area contributed by atoms with Crippen LogP contribution in [0.1, 0.15) is 10.4 Å². The lowest BCUT2D eigenvalue weighted by molar-refractivity contribution is 0.0963. The van der Waals surface area contributed by atoms with Crippen molar-refractivity contribution in [3.63, 3.8) is 0 Å². The molecule has 2 N–H and O–H groups in total. The Morgan fingerprint density at radius 3 is 2.52 bits per heavy atom. The van der Waals surface area contributed by atoms with Gasteiger partial charge in [0.05, 0.1) is 5.69 Å². The van der Waals surface area contributed by atoms with Crippen LogP contribution in [0.25, 0.3) is 16.9 Å². The first-order valence-electron chi connectivity index (χ1n) is 8.92. The van der Waals surface area contributed by atoms with E-state index in [0.717, 1.165) is 16.9 Å². The van der Waals surface area contributed by atoms with E-state index in [1.807, 2.05) is 30.3 Å². The number of rotatable bonds is 6.